The molecule has 1 aromatic carbocycles. The molecule has 3 rings (SSSR count). The highest BCUT2D eigenvalue weighted by molar-refractivity contribution is 7.80. The average molecular weight is 235 g/mol. The quantitative estimate of drug-likeness (QED) is 0.811. The second kappa shape index (κ2) is 3.50. The summed E-state index contributed by atoms with van der Waals surface area (Å²) in [4.78, 5) is 4.35. The van der Waals surface area contributed by atoms with E-state index < -0.39 is 0 Å². The molecule has 84 valence electrons. The van der Waals surface area contributed by atoms with Crippen molar-refractivity contribution >= 4 is 23.7 Å². The second-order valence-corrected chi connectivity index (χ2v) is 4.66. The molecule has 0 unspecified atom stereocenters. The van der Waals surface area contributed by atoms with Crippen LogP contribution in [-0.2, 0) is 10.2 Å². The van der Waals surface area contributed by atoms with Gasteiger partial charge in [-0.15, -0.1) is 0 Å². The zero-order valence-corrected chi connectivity index (χ0v) is 9.96. The standard InChI is InChI=1S/C12H13NO2S/c1-8-13-10-4-9(2-3-11(10)15-8)12(7-16)5-14-6-12/h2-4,16H,5-7H2,1H3. The van der Waals surface area contributed by atoms with Crippen molar-refractivity contribution in [3.8, 4) is 0 Å². The van der Waals surface area contributed by atoms with Gasteiger partial charge in [-0.2, -0.15) is 12.6 Å². The van der Waals surface area contributed by atoms with Crippen molar-refractivity contribution in [1.82, 2.24) is 4.98 Å². The Kier molecular flexibility index (Phi) is 2.23. The first-order valence-corrected chi connectivity index (χ1v) is 5.93. The normalized spacial score (nSPS) is 18.6. The number of hydrogen-bond donors (Lipinski definition) is 1. The summed E-state index contributed by atoms with van der Waals surface area (Å²) in [5.41, 5.74) is 3.08. The molecule has 0 saturated carbocycles. The van der Waals surface area contributed by atoms with E-state index in [1.54, 1.807) is 0 Å². The highest BCUT2D eigenvalue weighted by Gasteiger charge is 2.39. The van der Waals surface area contributed by atoms with Gasteiger partial charge in [0, 0.05) is 12.7 Å². The predicted molar refractivity (Wildman–Crippen MR) is 65.1 cm³/mol. The summed E-state index contributed by atoms with van der Waals surface area (Å²) < 4.78 is 10.8. The SMILES string of the molecule is Cc1nc2cc(C3(CS)COC3)ccc2o1. The highest BCUT2D eigenvalue weighted by Crippen LogP contribution is 2.34. The van der Waals surface area contributed by atoms with E-state index in [0.29, 0.717) is 5.89 Å². The average Bonchev–Trinajstić information content (AvgIpc) is 2.56. The molecule has 2 aromatic rings. The van der Waals surface area contributed by atoms with Gasteiger partial charge in [0.15, 0.2) is 11.5 Å². The molecule has 0 aliphatic carbocycles. The molecule has 1 aliphatic rings. The van der Waals surface area contributed by atoms with Crippen LogP contribution in [0.4, 0.5) is 0 Å². The van der Waals surface area contributed by atoms with Crippen LogP contribution in [0.15, 0.2) is 22.6 Å². The molecule has 0 N–H and O–H groups in total. The van der Waals surface area contributed by atoms with Crippen LogP contribution in [0, 0.1) is 6.92 Å². The van der Waals surface area contributed by atoms with Crippen molar-refractivity contribution in [1.29, 1.82) is 0 Å². The van der Waals surface area contributed by atoms with Gasteiger partial charge >= 0.3 is 0 Å². The number of aryl methyl sites for hydroxylation is 1. The minimum Gasteiger partial charge on any atom is -0.441 e. The maximum absolute atomic E-state index is 5.46. The molecule has 1 aliphatic heterocycles. The van der Waals surface area contributed by atoms with E-state index in [0.717, 1.165) is 30.1 Å². The number of aromatic nitrogens is 1. The van der Waals surface area contributed by atoms with E-state index in [9.17, 15) is 0 Å². The zero-order chi connectivity index (χ0) is 11.2. The Balaban J connectivity index is 2.10. The second-order valence-electron chi connectivity index (χ2n) is 4.35. The van der Waals surface area contributed by atoms with Crippen molar-refractivity contribution in [2.45, 2.75) is 12.3 Å². The van der Waals surface area contributed by atoms with Crippen LogP contribution in [0.1, 0.15) is 11.5 Å². The molecule has 2 heterocycles. The van der Waals surface area contributed by atoms with Gasteiger partial charge in [-0.1, -0.05) is 6.07 Å². The molecule has 1 fully saturated rings. The lowest BCUT2D eigenvalue weighted by Crippen LogP contribution is -2.48. The van der Waals surface area contributed by atoms with Crippen LogP contribution in [0.2, 0.25) is 0 Å². The molecule has 4 heteroatoms. The first-order valence-electron chi connectivity index (χ1n) is 5.30. The Labute approximate surface area is 99.2 Å². The molecule has 1 saturated heterocycles. The minimum atomic E-state index is 0.0736. The van der Waals surface area contributed by atoms with Crippen molar-refractivity contribution in [2.75, 3.05) is 19.0 Å². The molecule has 0 bridgehead atoms. The van der Waals surface area contributed by atoms with Gasteiger partial charge < -0.3 is 9.15 Å². The number of fused-ring (bicyclic) bond motifs is 1. The first kappa shape index (κ1) is 10.2. The molecule has 1 aromatic heterocycles. The molecular formula is C12H13NO2S. The molecule has 0 spiro atoms. The van der Waals surface area contributed by atoms with Crippen LogP contribution < -0.4 is 0 Å². The van der Waals surface area contributed by atoms with Crippen molar-refractivity contribution in [3.05, 3.63) is 29.7 Å². The third-order valence-electron chi connectivity index (χ3n) is 3.17. The summed E-state index contributed by atoms with van der Waals surface area (Å²) in [6.45, 7) is 3.36. The summed E-state index contributed by atoms with van der Waals surface area (Å²) in [5, 5.41) is 0. The van der Waals surface area contributed by atoms with E-state index in [-0.39, 0.29) is 5.41 Å². The van der Waals surface area contributed by atoms with Gasteiger partial charge in [0.1, 0.15) is 5.52 Å². The Bertz CT molecular complexity index is 525. The topological polar surface area (TPSA) is 35.3 Å². The summed E-state index contributed by atoms with van der Waals surface area (Å²) in [6.07, 6.45) is 0. The number of oxazole rings is 1. The van der Waals surface area contributed by atoms with Crippen LogP contribution >= 0.6 is 12.6 Å². The highest BCUT2D eigenvalue weighted by atomic mass is 32.1. The van der Waals surface area contributed by atoms with Gasteiger partial charge in [-0.25, -0.2) is 4.98 Å². The van der Waals surface area contributed by atoms with Gasteiger partial charge in [-0.3, -0.25) is 0 Å². The van der Waals surface area contributed by atoms with Crippen molar-refractivity contribution < 1.29 is 9.15 Å². The minimum absolute atomic E-state index is 0.0736. The fourth-order valence-electron chi connectivity index (χ4n) is 2.07. The Hall–Kier alpha value is -1.00. The van der Waals surface area contributed by atoms with Gasteiger partial charge in [-0.05, 0) is 17.7 Å². The van der Waals surface area contributed by atoms with E-state index in [2.05, 4.69) is 29.7 Å². The number of benzene rings is 1. The monoisotopic (exact) mass is 235 g/mol. The number of thiol groups is 1. The molecule has 0 radical (unpaired) electrons. The van der Waals surface area contributed by atoms with Crippen molar-refractivity contribution in [2.24, 2.45) is 0 Å². The lowest BCUT2D eigenvalue weighted by molar-refractivity contribution is -0.0470. The lowest BCUT2D eigenvalue weighted by atomic mass is 9.80. The summed E-state index contributed by atoms with van der Waals surface area (Å²) in [6, 6.07) is 6.16. The molecule has 3 nitrogen and oxygen atoms in total. The maximum atomic E-state index is 5.46. The molecule has 0 amide bonds. The summed E-state index contributed by atoms with van der Waals surface area (Å²) in [5.74, 6) is 1.51. The summed E-state index contributed by atoms with van der Waals surface area (Å²) >= 11 is 4.42. The van der Waals surface area contributed by atoms with Gasteiger partial charge in [0.25, 0.3) is 0 Å². The zero-order valence-electron chi connectivity index (χ0n) is 9.06. The van der Waals surface area contributed by atoms with E-state index in [1.165, 1.54) is 5.56 Å². The van der Waals surface area contributed by atoms with Crippen LogP contribution in [-0.4, -0.2) is 24.0 Å². The number of rotatable bonds is 2. The maximum Gasteiger partial charge on any atom is 0.192 e. The Morgan fingerprint density at radius 1 is 1.44 bits per heavy atom. The third kappa shape index (κ3) is 1.37. The number of hydrogen-bond acceptors (Lipinski definition) is 4. The van der Waals surface area contributed by atoms with E-state index >= 15 is 0 Å². The van der Waals surface area contributed by atoms with Gasteiger partial charge in [0.05, 0.1) is 18.6 Å². The van der Waals surface area contributed by atoms with E-state index in [1.807, 2.05) is 13.0 Å². The van der Waals surface area contributed by atoms with Crippen LogP contribution in [0.25, 0.3) is 11.1 Å². The summed E-state index contributed by atoms with van der Waals surface area (Å²) in [7, 11) is 0. The Morgan fingerprint density at radius 2 is 2.25 bits per heavy atom. The molecule has 16 heavy (non-hydrogen) atoms. The Morgan fingerprint density at radius 3 is 2.88 bits per heavy atom. The number of nitrogens with zero attached hydrogens (tertiary/aromatic N) is 1. The first-order chi connectivity index (χ1) is 7.73. The fraction of sp³-hybridized carbons (Fsp3) is 0.417. The lowest BCUT2D eigenvalue weighted by Gasteiger charge is -2.40. The predicted octanol–water partition coefficient (Wildman–Crippen LogP) is 2.33. The van der Waals surface area contributed by atoms with E-state index in [4.69, 9.17) is 9.15 Å². The van der Waals surface area contributed by atoms with Crippen LogP contribution in [0.3, 0.4) is 0 Å². The largest absolute Gasteiger partial charge is 0.441 e. The van der Waals surface area contributed by atoms with Gasteiger partial charge in [0.2, 0.25) is 0 Å². The molecular weight excluding hydrogens is 222 g/mol. The molecule has 0 atom stereocenters. The smallest absolute Gasteiger partial charge is 0.192 e. The number of ether oxygens (including phenoxy) is 1. The van der Waals surface area contributed by atoms with Crippen LogP contribution in [0.5, 0.6) is 0 Å². The third-order valence-corrected chi connectivity index (χ3v) is 3.77. The van der Waals surface area contributed by atoms with Crippen molar-refractivity contribution in [3.63, 3.8) is 0 Å². The fourth-order valence-corrected chi connectivity index (χ4v) is 2.44.